The Morgan fingerprint density at radius 3 is 2.54 bits per heavy atom. The van der Waals surface area contributed by atoms with Crippen molar-refractivity contribution in [1.82, 2.24) is 15.0 Å². The van der Waals surface area contributed by atoms with Gasteiger partial charge in [-0.05, 0) is 24.3 Å². The van der Waals surface area contributed by atoms with E-state index in [4.69, 9.17) is 11.6 Å². The Morgan fingerprint density at radius 1 is 1.07 bits per heavy atom. The van der Waals surface area contributed by atoms with E-state index in [0.29, 0.717) is 5.56 Å². The topological polar surface area (TPSA) is 87.7 Å². The number of halogens is 1. The molecule has 28 heavy (non-hydrogen) atoms. The second-order valence-corrected chi connectivity index (χ2v) is 8.09. The molecule has 140 valence electrons. The summed E-state index contributed by atoms with van der Waals surface area (Å²) in [5, 5.41) is 0.972. The van der Waals surface area contributed by atoms with Crippen molar-refractivity contribution in [2.45, 2.75) is 4.90 Å². The Kier molecular flexibility index (Phi) is 4.62. The molecule has 2 N–H and O–H groups in total. The molecule has 8 heteroatoms. The SMILES string of the molecule is C=Cc1c[nH]c2ncc(-c3cnc(Cl)c(NS(=O)(=O)c4ccccc4)c3)cc12. The normalized spacial score (nSPS) is 11.5. The molecule has 0 spiro atoms. The fourth-order valence-corrected chi connectivity index (χ4v) is 4.12. The molecule has 0 saturated heterocycles. The Morgan fingerprint density at radius 2 is 1.79 bits per heavy atom. The fraction of sp³-hybridized carbons (Fsp3) is 0. The molecule has 4 aromatic rings. The molecule has 0 saturated carbocycles. The Balaban J connectivity index is 1.74. The van der Waals surface area contributed by atoms with Crippen LogP contribution in [0.25, 0.3) is 28.2 Å². The van der Waals surface area contributed by atoms with Crippen molar-refractivity contribution in [3.63, 3.8) is 0 Å². The zero-order valence-corrected chi connectivity index (χ0v) is 16.1. The van der Waals surface area contributed by atoms with Gasteiger partial charge in [0.05, 0.1) is 10.6 Å². The van der Waals surface area contributed by atoms with Crippen LogP contribution in [0.15, 0.2) is 72.5 Å². The van der Waals surface area contributed by atoms with Crippen molar-refractivity contribution in [1.29, 1.82) is 0 Å². The van der Waals surface area contributed by atoms with E-state index in [1.165, 1.54) is 12.1 Å². The van der Waals surface area contributed by atoms with E-state index in [2.05, 4.69) is 26.3 Å². The molecule has 0 amide bonds. The van der Waals surface area contributed by atoms with Crippen molar-refractivity contribution in [3.8, 4) is 11.1 Å². The number of rotatable bonds is 5. The van der Waals surface area contributed by atoms with Crippen LogP contribution in [0.1, 0.15) is 5.56 Å². The Bertz CT molecular complexity index is 1280. The first-order valence-electron chi connectivity index (χ1n) is 8.31. The highest BCUT2D eigenvalue weighted by atomic mass is 35.5. The first kappa shape index (κ1) is 18.2. The van der Waals surface area contributed by atoms with Gasteiger partial charge in [-0.15, -0.1) is 0 Å². The van der Waals surface area contributed by atoms with Gasteiger partial charge in [-0.25, -0.2) is 18.4 Å². The summed E-state index contributed by atoms with van der Waals surface area (Å²) in [6, 6.07) is 11.6. The van der Waals surface area contributed by atoms with Gasteiger partial charge in [-0.2, -0.15) is 0 Å². The predicted molar refractivity (Wildman–Crippen MR) is 112 cm³/mol. The van der Waals surface area contributed by atoms with Crippen molar-refractivity contribution >= 4 is 44.4 Å². The minimum absolute atomic E-state index is 0.0609. The highest BCUT2D eigenvalue weighted by molar-refractivity contribution is 7.92. The second kappa shape index (κ2) is 7.10. The minimum Gasteiger partial charge on any atom is -0.346 e. The number of anilines is 1. The van der Waals surface area contributed by atoms with Crippen LogP contribution in [0.4, 0.5) is 5.69 Å². The lowest BCUT2D eigenvalue weighted by Gasteiger charge is -2.11. The van der Waals surface area contributed by atoms with E-state index < -0.39 is 10.0 Å². The molecular formula is C20H15ClN4O2S. The molecule has 1 aromatic carbocycles. The van der Waals surface area contributed by atoms with Gasteiger partial charge in [0.15, 0.2) is 5.15 Å². The first-order valence-corrected chi connectivity index (χ1v) is 10.2. The quantitative estimate of drug-likeness (QED) is 0.466. The molecular weight excluding hydrogens is 396 g/mol. The fourth-order valence-electron chi connectivity index (χ4n) is 2.83. The molecule has 4 rings (SSSR count). The third kappa shape index (κ3) is 3.37. The molecule has 0 aliphatic carbocycles. The van der Waals surface area contributed by atoms with Crippen LogP contribution < -0.4 is 4.72 Å². The van der Waals surface area contributed by atoms with E-state index >= 15 is 0 Å². The van der Waals surface area contributed by atoms with Crippen LogP contribution in [0, 0.1) is 0 Å². The van der Waals surface area contributed by atoms with Crippen molar-refractivity contribution in [2.75, 3.05) is 4.72 Å². The molecule has 0 bridgehead atoms. The number of sulfonamides is 1. The van der Waals surface area contributed by atoms with Crippen LogP contribution in [0.2, 0.25) is 5.15 Å². The van der Waals surface area contributed by atoms with Crippen LogP contribution >= 0.6 is 11.6 Å². The predicted octanol–water partition coefficient (Wildman–Crippen LogP) is 4.72. The molecule has 0 atom stereocenters. The molecule has 0 aliphatic heterocycles. The average Bonchev–Trinajstić information content (AvgIpc) is 3.12. The maximum atomic E-state index is 12.6. The lowest BCUT2D eigenvalue weighted by atomic mass is 10.1. The maximum absolute atomic E-state index is 12.6. The van der Waals surface area contributed by atoms with Gasteiger partial charge in [-0.1, -0.05) is 42.5 Å². The number of aromatic amines is 1. The van der Waals surface area contributed by atoms with Crippen molar-refractivity contribution in [3.05, 3.63) is 78.4 Å². The van der Waals surface area contributed by atoms with Crippen LogP contribution in [-0.4, -0.2) is 23.4 Å². The van der Waals surface area contributed by atoms with Gasteiger partial charge in [-0.3, -0.25) is 4.72 Å². The number of pyridine rings is 2. The highest BCUT2D eigenvalue weighted by Crippen LogP contribution is 2.30. The van der Waals surface area contributed by atoms with Crippen molar-refractivity contribution < 1.29 is 8.42 Å². The van der Waals surface area contributed by atoms with Gasteiger partial charge in [0.1, 0.15) is 5.65 Å². The molecule has 0 unspecified atom stereocenters. The van der Waals surface area contributed by atoms with Gasteiger partial charge < -0.3 is 4.98 Å². The summed E-state index contributed by atoms with van der Waals surface area (Å²) >= 11 is 6.13. The molecule has 6 nitrogen and oxygen atoms in total. The molecule has 3 aromatic heterocycles. The number of aromatic nitrogens is 3. The second-order valence-electron chi connectivity index (χ2n) is 6.05. The number of benzene rings is 1. The standard InChI is InChI=1S/C20H15ClN4O2S/c1-2-13-10-23-20-17(13)8-14(12-24-20)15-9-18(19(21)22-11-15)25-28(26,27)16-6-4-3-5-7-16/h2-12,25H,1H2,(H,23,24). The van der Waals surface area contributed by atoms with Crippen LogP contribution in [0.5, 0.6) is 0 Å². The summed E-state index contributed by atoms with van der Waals surface area (Å²) in [6.07, 6.45) is 6.83. The van der Waals surface area contributed by atoms with E-state index in [0.717, 1.165) is 22.2 Å². The summed E-state index contributed by atoms with van der Waals surface area (Å²) in [7, 11) is -3.78. The third-order valence-corrected chi connectivity index (χ3v) is 5.94. The van der Waals surface area contributed by atoms with Gasteiger partial charge in [0.25, 0.3) is 10.0 Å². The maximum Gasteiger partial charge on any atom is 0.261 e. The van der Waals surface area contributed by atoms with E-state index in [1.807, 2.05) is 12.3 Å². The highest BCUT2D eigenvalue weighted by Gasteiger charge is 2.17. The largest absolute Gasteiger partial charge is 0.346 e. The number of hydrogen-bond donors (Lipinski definition) is 2. The minimum atomic E-state index is -3.78. The number of nitrogens with zero attached hydrogens (tertiary/aromatic N) is 2. The first-order chi connectivity index (χ1) is 13.5. The third-order valence-electron chi connectivity index (χ3n) is 4.25. The summed E-state index contributed by atoms with van der Waals surface area (Å²) in [5.74, 6) is 0. The van der Waals surface area contributed by atoms with Crippen molar-refractivity contribution in [2.24, 2.45) is 0 Å². The molecule has 0 aliphatic rings. The van der Waals surface area contributed by atoms with E-state index in [1.54, 1.807) is 42.7 Å². The van der Waals surface area contributed by atoms with Gasteiger partial charge in [0, 0.05) is 40.7 Å². The van der Waals surface area contributed by atoms with Gasteiger partial charge >= 0.3 is 0 Å². The number of H-pyrrole nitrogens is 1. The van der Waals surface area contributed by atoms with Crippen LogP contribution in [-0.2, 0) is 10.0 Å². The van der Waals surface area contributed by atoms with E-state index in [9.17, 15) is 8.42 Å². The Labute approximate surface area is 167 Å². The number of fused-ring (bicyclic) bond motifs is 1. The zero-order chi connectivity index (χ0) is 19.7. The van der Waals surface area contributed by atoms with Gasteiger partial charge in [0.2, 0.25) is 0 Å². The summed E-state index contributed by atoms with van der Waals surface area (Å²) in [4.78, 5) is 11.7. The van der Waals surface area contributed by atoms with Crippen LogP contribution in [0.3, 0.4) is 0 Å². The molecule has 3 heterocycles. The summed E-state index contributed by atoms with van der Waals surface area (Å²) in [5.41, 5.74) is 3.32. The van der Waals surface area contributed by atoms with E-state index in [-0.39, 0.29) is 15.7 Å². The average molecular weight is 411 g/mol. The molecule has 0 radical (unpaired) electrons. The smallest absolute Gasteiger partial charge is 0.261 e. The molecule has 0 fully saturated rings. The summed E-state index contributed by atoms with van der Waals surface area (Å²) < 4.78 is 27.7. The zero-order valence-electron chi connectivity index (χ0n) is 14.6. The number of nitrogens with one attached hydrogen (secondary N) is 2. The number of hydrogen-bond acceptors (Lipinski definition) is 4. The lowest BCUT2D eigenvalue weighted by Crippen LogP contribution is -2.13. The summed E-state index contributed by atoms with van der Waals surface area (Å²) in [6.45, 7) is 3.80. The lowest BCUT2D eigenvalue weighted by molar-refractivity contribution is 0.601. The Hall–Kier alpha value is -3.16. The monoisotopic (exact) mass is 410 g/mol.